The lowest BCUT2D eigenvalue weighted by Crippen LogP contribution is -2.37. The highest BCUT2D eigenvalue weighted by molar-refractivity contribution is 6.33. The number of ether oxygens (including phenoxy) is 2. The normalized spacial score (nSPS) is 11.6. The van der Waals surface area contributed by atoms with E-state index >= 15 is 0 Å². The molecule has 0 atom stereocenters. The number of hydrogen-bond donors (Lipinski definition) is 7. The van der Waals surface area contributed by atoms with Crippen molar-refractivity contribution < 1.29 is 28.7 Å². The number of hydrogen-bond acceptors (Lipinski definition) is 12. The molecule has 71 heavy (non-hydrogen) atoms. The van der Waals surface area contributed by atoms with Crippen molar-refractivity contribution in [3.8, 4) is 11.3 Å². The second-order valence-corrected chi connectivity index (χ2v) is 18.5. The van der Waals surface area contributed by atoms with Gasteiger partial charge in [0.1, 0.15) is 24.3 Å². The number of allylic oxidation sites excluding steroid dienone is 1. The molecule has 0 fully saturated rings. The topological polar surface area (TPSA) is 226 Å². The summed E-state index contributed by atoms with van der Waals surface area (Å²) in [4.78, 5) is 69.0. The maximum absolute atomic E-state index is 12.2. The van der Waals surface area contributed by atoms with Crippen molar-refractivity contribution >= 4 is 98.3 Å². The van der Waals surface area contributed by atoms with Gasteiger partial charge in [-0.3, -0.25) is 9.59 Å². The summed E-state index contributed by atoms with van der Waals surface area (Å²) in [6, 6.07) is 30.2. The number of nitrogens with one attached hydrogen (secondary N) is 7. The number of carbonyl (C=O) groups is 4. The lowest BCUT2D eigenvalue weighted by atomic mass is 10.0. The molecule has 1 aliphatic carbocycles. The lowest BCUT2D eigenvalue weighted by Gasteiger charge is -2.19. The van der Waals surface area contributed by atoms with Crippen LogP contribution in [0.1, 0.15) is 65.8 Å². The Hall–Kier alpha value is -8.02. The Morgan fingerprint density at radius 1 is 0.620 bits per heavy atom. The smallest absolute Gasteiger partial charge is 0.408 e. The molecule has 7 N–H and O–H groups in total. The number of amides is 4. The molecule has 368 valence electrons. The molecule has 1 aliphatic rings. The van der Waals surface area contributed by atoms with E-state index in [0.717, 1.165) is 34.0 Å². The summed E-state index contributed by atoms with van der Waals surface area (Å²) in [5.74, 6) is -0.0447. The molecule has 0 saturated carbocycles. The first-order valence-corrected chi connectivity index (χ1v) is 22.8. The van der Waals surface area contributed by atoms with Gasteiger partial charge in [-0.2, -0.15) is 0 Å². The van der Waals surface area contributed by atoms with E-state index in [-0.39, 0.29) is 26.4 Å². The monoisotopic (exact) mass is 999 g/mol. The van der Waals surface area contributed by atoms with E-state index in [2.05, 4.69) is 75.0 Å². The van der Waals surface area contributed by atoms with Crippen LogP contribution in [0, 0.1) is 0 Å². The zero-order chi connectivity index (χ0) is 50.0. The fourth-order valence-electron chi connectivity index (χ4n) is 6.96. The Kier molecular flexibility index (Phi) is 17.0. The number of rotatable bonds is 12. The minimum atomic E-state index is -0.658. The van der Waals surface area contributed by atoms with Crippen molar-refractivity contribution in [3.05, 3.63) is 149 Å². The third-order valence-corrected chi connectivity index (χ3v) is 10.4. The zero-order valence-electron chi connectivity index (χ0n) is 39.2. The van der Waals surface area contributed by atoms with Gasteiger partial charge in [-0.15, -0.1) is 0 Å². The number of H-pyrrole nitrogens is 1. The molecule has 8 rings (SSSR count). The number of alkyl carbamates (subject to hydrolysis) is 2. The quantitative estimate of drug-likeness (QED) is 0.0607. The van der Waals surface area contributed by atoms with Crippen LogP contribution >= 0.6 is 23.2 Å². The minimum Gasteiger partial charge on any atom is -0.444 e. The molecule has 3 heterocycles. The van der Waals surface area contributed by atoms with Crippen LogP contribution in [0.25, 0.3) is 27.7 Å². The fraction of sp³-hybridized carbons (Fsp3) is 0.231. The van der Waals surface area contributed by atoms with E-state index in [9.17, 15) is 19.2 Å². The lowest BCUT2D eigenvalue weighted by molar-refractivity contribution is -0.116. The second kappa shape index (κ2) is 23.1. The first-order chi connectivity index (χ1) is 33.4. The SMILES string of the molecule is C.CC(C)(C)OC(=O)NCC(=O)Nc1cccc(Nc2ncc(Cl)c(-c3c[nH]c4ccccc34)n2)c1.CC(C)(C)OC(=O)NCC(=O)Nc1cccc(Nc2ncc(Cl)c(C3=CCc4ccccc43)n2)c1. The molecule has 0 spiro atoms. The molecule has 7 aromatic rings. The summed E-state index contributed by atoms with van der Waals surface area (Å²) in [5, 5.41) is 18.5. The highest BCUT2D eigenvalue weighted by Gasteiger charge is 2.21. The molecule has 0 radical (unpaired) electrons. The van der Waals surface area contributed by atoms with Gasteiger partial charge in [0.05, 0.1) is 33.8 Å². The highest BCUT2D eigenvalue weighted by atomic mass is 35.5. The second-order valence-electron chi connectivity index (χ2n) is 17.7. The van der Waals surface area contributed by atoms with Gasteiger partial charge in [0.15, 0.2) is 0 Å². The summed E-state index contributed by atoms with van der Waals surface area (Å²) in [6.07, 6.45) is 6.62. The summed E-state index contributed by atoms with van der Waals surface area (Å²) in [7, 11) is 0. The van der Waals surface area contributed by atoms with Gasteiger partial charge < -0.3 is 46.4 Å². The third kappa shape index (κ3) is 15.0. The Labute approximate surface area is 421 Å². The van der Waals surface area contributed by atoms with Gasteiger partial charge in [-0.05, 0) is 102 Å². The first-order valence-electron chi connectivity index (χ1n) is 22.0. The molecular formula is C52H55Cl2N11O6. The minimum absolute atomic E-state index is 0. The molecule has 17 nitrogen and oxygen atoms in total. The molecule has 19 heteroatoms. The van der Waals surface area contributed by atoms with Gasteiger partial charge in [0, 0.05) is 51.0 Å². The van der Waals surface area contributed by atoms with Crippen LogP contribution in [-0.2, 0) is 25.5 Å². The largest absolute Gasteiger partial charge is 0.444 e. The molecule has 0 unspecified atom stereocenters. The number of aromatic nitrogens is 5. The highest BCUT2D eigenvalue weighted by Crippen LogP contribution is 2.36. The average molecular weight is 1000 g/mol. The maximum Gasteiger partial charge on any atom is 0.408 e. The number of aromatic amines is 1. The molecule has 4 amide bonds. The standard InChI is InChI=1S/C26H26ClN5O3.C25H25ClN6O3.CH4/c1-26(2,3)35-25(34)29-15-22(33)30-17-8-6-9-18(13-17)31-24-28-14-21(27)23(32-24)20-12-11-16-7-4-5-10-19(16)20;1-25(2,3)35-24(34)29-14-21(33)30-15-7-6-8-16(11-15)31-23-28-13-19(26)22(32-23)18-12-27-20-10-5-4-9-17(18)20;/h4-10,12-14H,11,15H2,1-3H3,(H,29,34)(H,30,33)(H,28,31,32);4-13,27H,14H2,1-3H3,(H,29,34)(H,30,33)(H,28,31,32);1H4. The Bertz CT molecular complexity index is 3090. The van der Waals surface area contributed by atoms with Gasteiger partial charge in [-0.1, -0.05) is 91.3 Å². The number of para-hydroxylation sites is 1. The number of anilines is 6. The Morgan fingerprint density at radius 2 is 1.11 bits per heavy atom. The summed E-state index contributed by atoms with van der Waals surface area (Å²) >= 11 is 12.8. The van der Waals surface area contributed by atoms with Crippen LogP contribution < -0.4 is 31.9 Å². The molecule has 3 aromatic heterocycles. The molecule has 0 saturated heterocycles. The fourth-order valence-corrected chi connectivity index (χ4v) is 7.34. The van der Waals surface area contributed by atoms with Gasteiger partial charge in [-0.25, -0.2) is 29.5 Å². The van der Waals surface area contributed by atoms with Gasteiger partial charge in [0.2, 0.25) is 23.7 Å². The summed E-state index contributed by atoms with van der Waals surface area (Å²) < 4.78 is 10.3. The van der Waals surface area contributed by atoms with Crippen molar-refractivity contribution in [1.82, 2.24) is 35.6 Å². The number of nitrogens with zero attached hydrogens (tertiary/aromatic N) is 4. The van der Waals surface area contributed by atoms with Crippen LogP contribution in [0.4, 0.5) is 44.2 Å². The number of halogens is 2. The van der Waals surface area contributed by atoms with Crippen molar-refractivity contribution in [1.29, 1.82) is 0 Å². The van der Waals surface area contributed by atoms with E-state index in [1.807, 2.05) is 54.7 Å². The van der Waals surface area contributed by atoms with Crippen molar-refractivity contribution in [3.63, 3.8) is 0 Å². The van der Waals surface area contributed by atoms with Crippen molar-refractivity contribution in [2.45, 2.75) is 66.6 Å². The Balaban J connectivity index is 0.000000229. The predicted molar refractivity (Wildman–Crippen MR) is 281 cm³/mol. The van der Waals surface area contributed by atoms with Crippen LogP contribution in [0.2, 0.25) is 10.0 Å². The van der Waals surface area contributed by atoms with Crippen molar-refractivity contribution in [2.24, 2.45) is 0 Å². The first kappa shape index (κ1) is 52.4. The zero-order valence-corrected chi connectivity index (χ0v) is 40.7. The number of carbonyl (C=O) groups excluding carboxylic acids is 4. The van der Waals surface area contributed by atoms with E-state index in [4.69, 9.17) is 32.7 Å². The Morgan fingerprint density at radius 3 is 1.68 bits per heavy atom. The van der Waals surface area contributed by atoms with E-state index < -0.39 is 29.3 Å². The van der Waals surface area contributed by atoms with E-state index in [1.54, 1.807) is 90.3 Å². The maximum atomic E-state index is 12.2. The van der Waals surface area contributed by atoms with E-state index in [1.165, 1.54) is 5.56 Å². The van der Waals surface area contributed by atoms with Crippen LogP contribution in [0.15, 0.2) is 122 Å². The average Bonchev–Trinajstić information content (AvgIpc) is 3.93. The molecule has 4 aromatic carbocycles. The van der Waals surface area contributed by atoms with Crippen molar-refractivity contribution in [2.75, 3.05) is 34.4 Å². The summed E-state index contributed by atoms with van der Waals surface area (Å²) in [6.45, 7) is 10.1. The number of benzene rings is 4. The summed E-state index contributed by atoms with van der Waals surface area (Å²) in [5.41, 5.74) is 7.59. The van der Waals surface area contributed by atoms with Crippen LogP contribution in [0.5, 0.6) is 0 Å². The molecule has 0 bridgehead atoms. The number of fused-ring (bicyclic) bond motifs is 2. The van der Waals surface area contributed by atoms with Gasteiger partial charge in [0.25, 0.3) is 0 Å². The third-order valence-electron chi connectivity index (χ3n) is 9.81. The van der Waals surface area contributed by atoms with Crippen LogP contribution in [0.3, 0.4) is 0 Å². The molecule has 0 aliphatic heterocycles. The predicted octanol–water partition coefficient (Wildman–Crippen LogP) is 11.4. The van der Waals surface area contributed by atoms with Crippen LogP contribution in [-0.4, -0.2) is 73.2 Å². The molecular weight excluding hydrogens is 946 g/mol. The van der Waals surface area contributed by atoms with Gasteiger partial charge >= 0.3 is 12.2 Å². The van der Waals surface area contributed by atoms with E-state index in [0.29, 0.717) is 56.1 Å².